The standard InChI is InChI=1S/C11H10FN5O3S/c1-2-16-6-8(17(19)20)10(15-16)11(18)14-13-5-7-3-4-9(12)21-7/h3-6H,2H2,1H3,(H,14,18). The monoisotopic (exact) mass is 311 g/mol. The summed E-state index contributed by atoms with van der Waals surface area (Å²) < 4.78 is 14.0. The molecule has 21 heavy (non-hydrogen) atoms. The minimum Gasteiger partial charge on any atom is -0.265 e. The van der Waals surface area contributed by atoms with Crippen LogP contribution < -0.4 is 5.43 Å². The molecule has 0 spiro atoms. The minimum absolute atomic E-state index is 0.323. The van der Waals surface area contributed by atoms with Crippen molar-refractivity contribution in [3.8, 4) is 0 Å². The van der Waals surface area contributed by atoms with E-state index in [2.05, 4.69) is 15.6 Å². The Morgan fingerprint density at radius 1 is 1.67 bits per heavy atom. The third kappa shape index (κ3) is 3.48. The lowest BCUT2D eigenvalue weighted by molar-refractivity contribution is -0.385. The minimum atomic E-state index is -0.804. The van der Waals surface area contributed by atoms with E-state index in [0.717, 1.165) is 11.3 Å². The second kappa shape index (κ2) is 6.22. The first kappa shape index (κ1) is 14.8. The van der Waals surface area contributed by atoms with Gasteiger partial charge in [0.1, 0.15) is 6.20 Å². The molecule has 2 aromatic heterocycles. The first-order chi connectivity index (χ1) is 10.0. The third-order valence-corrected chi connectivity index (χ3v) is 3.24. The molecule has 0 fully saturated rings. The molecule has 0 saturated heterocycles. The number of aromatic nitrogens is 2. The Morgan fingerprint density at radius 2 is 2.43 bits per heavy atom. The number of hydrogen-bond donors (Lipinski definition) is 1. The van der Waals surface area contributed by atoms with E-state index in [1.807, 2.05) is 0 Å². The third-order valence-electron chi connectivity index (χ3n) is 2.43. The van der Waals surface area contributed by atoms with Crippen molar-refractivity contribution in [2.45, 2.75) is 13.5 Å². The first-order valence-corrected chi connectivity index (χ1v) is 6.63. The van der Waals surface area contributed by atoms with Gasteiger partial charge in [-0.3, -0.25) is 19.6 Å². The lowest BCUT2D eigenvalue weighted by Crippen LogP contribution is -2.19. The molecule has 2 heterocycles. The molecule has 0 saturated carbocycles. The summed E-state index contributed by atoms with van der Waals surface area (Å²) >= 11 is 0.856. The number of carbonyl (C=O) groups is 1. The number of carbonyl (C=O) groups excluding carboxylic acids is 1. The van der Waals surface area contributed by atoms with Crippen LogP contribution in [0, 0.1) is 15.2 Å². The average Bonchev–Trinajstić information content (AvgIpc) is 3.04. The molecule has 0 aromatic carbocycles. The van der Waals surface area contributed by atoms with Crippen LogP contribution in [0.2, 0.25) is 0 Å². The maximum Gasteiger partial charge on any atom is 0.320 e. The van der Waals surface area contributed by atoms with Gasteiger partial charge in [-0.15, -0.1) is 11.3 Å². The van der Waals surface area contributed by atoms with Gasteiger partial charge in [0.25, 0.3) is 5.91 Å². The summed E-state index contributed by atoms with van der Waals surface area (Å²) in [5, 5.41) is 17.9. The van der Waals surface area contributed by atoms with Crippen molar-refractivity contribution in [1.82, 2.24) is 15.2 Å². The van der Waals surface area contributed by atoms with Gasteiger partial charge >= 0.3 is 5.69 Å². The van der Waals surface area contributed by atoms with Crippen LogP contribution in [0.3, 0.4) is 0 Å². The summed E-state index contributed by atoms with van der Waals surface area (Å²) in [6, 6.07) is 2.76. The number of nitrogens with zero attached hydrogens (tertiary/aromatic N) is 4. The largest absolute Gasteiger partial charge is 0.320 e. The summed E-state index contributed by atoms with van der Waals surface area (Å²) in [5.74, 6) is -0.804. The van der Waals surface area contributed by atoms with Gasteiger partial charge in [0, 0.05) is 6.54 Å². The highest BCUT2D eigenvalue weighted by atomic mass is 32.1. The number of nitrogens with one attached hydrogen (secondary N) is 1. The van der Waals surface area contributed by atoms with Gasteiger partial charge in [0.15, 0.2) is 5.13 Å². The Morgan fingerprint density at radius 3 is 3.00 bits per heavy atom. The van der Waals surface area contributed by atoms with E-state index in [0.29, 0.717) is 11.4 Å². The van der Waals surface area contributed by atoms with Crippen molar-refractivity contribution in [3.63, 3.8) is 0 Å². The highest BCUT2D eigenvalue weighted by Crippen LogP contribution is 2.16. The molecule has 10 heteroatoms. The van der Waals surface area contributed by atoms with Crippen LogP contribution in [0.4, 0.5) is 10.1 Å². The molecule has 2 rings (SSSR count). The highest BCUT2D eigenvalue weighted by Gasteiger charge is 2.25. The molecule has 0 atom stereocenters. The lowest BCUT2D eigenvalue weighted by atomic mass is 10.3. The van der Waals surface area contributed by atoms with E-state index >= 15 is 0 Å². The van der Waals surface area contributed by atoms with Gasteiger partial charge in [-0.05, 0) is 19.1 Å². The molecule has 8 nitrogen and oxygen atoms in total. The van der Waals surface area contributed by atoms with Crippen molar-refractivity contribution in [3.05, 3.63) is 44.1 Å². The maximum atomic E-state index is 12.7. The van der Waals surface area contributed by atoms with E-state index in [1.54, 1.807) is 6.92 Å². The summed E-state index contributed by atoms with van der Waals surface area (Å²) in [6.45, 7) is 2.13. The van der Waals surface area contributed by atoms with Crippen molar-refractivity contribution >= 4 is 29.1 Å². The molecular formula is C11H10FN5O3S. The van der Waals surface area contributed by atoms with Crippen LogP contribution in [0.25, 0.3) is 0 Å². The Kier molecular flexibility index (Phi) is 4.38. The van der Waals surface area contributed by atoms with Gasteiger partial charge in [-0.1, -0.05) is 0 Å². The number of amides is 1. The van der Waals surface area contributed by atoms with Gasteiger partial charge in [0.2, 0.25) is 5.69 Å². The van der Waals surface area contributed by atoms with E-state index in [4.69, 9.17) is 0 Å². The van der Waals surface area contributed by atoms with Gasteiger partial charge in [-0.2, -0.15) is 14.6 Å². The molecule has 0 aliphatic heterocycles. The van der Waals surface area contributed by atoms with Crippen LogP contribution in [0.15, 0.2) is 23.4 Å². The fraction of sp³-hybridized carbons (Fsp3) is 0.182. The molecule has 1 amide bonds. The number of nitro groups is 1. The molecule has 0 aliphatic rings. The van der Waals surface area contributed by atoms with E-state index in [1.165, 1.54) is 29.2 Å². The van der Waals surface area contributed by atoms with Gasteiger partial charge in [0.05, 0.1) is 16.0 Å². The van der Waals surface area contributed by atoms with Crippen LogP contribution in [-0.2, 0) is 6.54 Å². The zero-order valence-electron chi connectivity index (χ0n) is 10.8. The van der Waals surface area contributed by atoms with Crippen LogP contribution >= 0.6 is 11.3 Å². The number of aryl methyl sites for hydroxylation is 1. The normalized spacial score (nSPS) is 11.0. The van der Waals surface area contributed by atoms with Crippen molar-refractivity contribution in [1.29, 1.82) is 0 Å². The molecular weight excluding hydrogens is 301 g/mol. The van der Waals surface area contributed by atoms with Crippen LogP contribution in [0.5, 0.6) is 0 Å². The molecule has 0 bridgehead atoms. The molecule has 0 radical (unpaired) electrons. The van der Waals surface area contributed by atoms with E-state index in [-0.39, 0.29) is 10.8 Å². The highest BCUT2D eigenvalue weighted by molar-refractivity contribution is 7.12. The van der Waals surface area contributed by atoms with Gasteiger partial charge < -0.3 is 0 Å². The second-order valence-corrected chi connectivity index (χ2v) is 4.88. The van der Waals surface area contributed by atoms with Crippen molar-refractivity contribution in [2.75, 3.05) is 0 Å². The molecule has 0 unspecified atom stereocenters. The maximum absolute atomic E-state index is 12.7. The predicted octanol–water partition coefficient (Wildman–Crippen LogP) is 1.78. The Labute approximate surface area is 122 Å². The zero-order valence-corrected chi connectivity index (χ0v) is 11.6. The molecule has 2 aromatic rings. The molecule has 0 aliphatic carbocycles. The van der Waals surface area contributed by atoms with E-state index in [9.17, 15) is 19.3 Å². The topological polar surface area (TPSA) is 102 Å². The number of halogens is 1. The molecule has 1 N–H and O–H groups in total. The number of hydrogen-bond acceptors (Lipinski definition) is 6. The zero-order chi connectivity index (χ0) is 15.4. The Bertz CT molecular complexity index is 709. The van der Waals surface area contributed by atoms with Crippen molar-refractivity contribution in [2.24, 2.45) is 5.10 Å². The lowest BCUT2D eigenvalue weighted by Gasteiger charge is -1.95. The quantitative estimate of drug-likeness (QED) is 0.516. The Balaban J connectivity index is 2.11. The fourth-order valence-electron chi connectivity index (χ4n) is 1.47. The van der Waals surface area contributed by atoms with E-state index < -0.39 is 16.5 Å². The van der Waals surface area contributed by atoms with Crippen LogP contribution in [-0.4, -0.2) is 26.8 Å². The smallest absolute Gasteiger partial charge is 0.265 e. The predicted molar refractivity (Wildman–Crippen MR) is 73.9 cm³/mol. The SMILES string of the molecule is CCn1cc([N+](=O)[O-])c(C(=O)NN=Cc2ccc(F)s2)n1. The summed E-state index contributed by atoms with van der Waals surface area (Å²) in [4.78, 5) is 22.5. The molecule has 110 valence electrons. The fourth-order valence-corrected chi connectivity index (χ4v) is 2.08. The van der Waals surface area contributed by atoms with Crippen molar-refractivity contribution < 1.29 is 14.1 Å². The number of thiophene rings is 1. The number of rotatable bonds is 5. The second-order valence-electron chi connectivity index (χ2n) is 3.82. The number of hydrazone groups is 1. The summed E-state index contributed by atoms with van der Waals surface area (Å²) in [7, 11) is 0. The summed E-state index contributed by atoms with van der Waals surface area (Å²) in [5.41, 5.74) is 1.40. The van der Waals surface area contributed by atoms with Crippen LogP contribution in [0.1, 0.15) is 22.3 Å². The summed E-state index contributed by atoms with van der Waals surface area (Å²) in [6.07, 6.45) is 2.42. The average molecular weight is 311 g/mol. The Hall–Kier alpha value is -2.62. The first-order valence-electron chi connectivity index (χ1n) is 5.82. The van der Waals surface area contributed by atoms with Gasteiger partial charge in [-0.25, -0.2) is 5.43 Å².